The molecule has 0 saturated carbocycles. The molecule has 20 heavy (non-hydrogen) atoms. The minimum Gasteiger partial charge on any atom is -0.480 e. The summed E-state index contributed by atoms with van der Waals surface area (Å²) in [6.07, 6.45) is 1.26. The second-order valence-corrected chi connectivity index (χ2v) is 4.48. The largest absolute Gasteiger partial charge is 0.480 e. The monoisotopic (exact) mass is 300 g/mol. The average molecular weight is 301 g/mol. The smallest absolute Gasteiger partial charge is 0.320 e. The zero-order valence-electron chi connectivity index (χ0n) is 11.7. The summed E-state index contributed by atoms with van der Waals surface area (Å²) >= 11 is 0. The Morgan fingerprint density at radius 1 is 1.35 bits per heavy atom. The van der Waals surface area contributed by atoms with Gasteiger partial charge in [-0.15, -0.1) is 12.4 Å². The molecule has 0 aliphatic carbocycles. The van der Waals surface area contributed by atoms with Crippen molar-refractivity contribution in [2.24, 2.45) is 0 Å². The third-order valence-electron chi connectivity index (χ3n) is 2.69. The van der Waals surface area contributed by atoms with Gasteiger partial charge >= 0.3 is 5.97 Å². The maximum absolute atomic E-state index is 11.7. The molecule has 0 bridgehead atoms. The Bertz CT molecular complexity index is 452. The maximum Gasteiger partial charge on any atom is 0.320 e. The molecular weight excluding hydrogens is 280 g/mol. The van der Waals surface area contributed by atoms with E-state index < -0.39 is 12.0 Å². The van der Waals surface area contributed by atoms with Gasteiger partial charge in [0.1, 0.15) is 6.04 Å². The topological polar surface area (TPSA) is 78.4 Å². The van der Waals surface area contributed by atoms with Crippen LogP contribution < -0.4 is 10.6 Å². The molecule has 1 rings (SSSR count). The number of anilines is 1. The Morgan fingerprint density at radius 2 is 2.05 bits per heavy atom. The van der Waals surface area contributed by atoms with E-state index in [-0.39, 0.29) is 24.9 Å². The van der Waals surface area contributed by atoms with Crippen LogP contribution in [0.25, 0.3) is 0 Å². The van der Waals surface area contributed by atoms with Gasteiger partial charge in [-0.05, 0) is 31.0 Å². The van der Waals surface area contributed by atoms with Crippen LogP contribution in [-0.4, -0.2) is 29.6 Å². The van der Waals surface area contributed by atoms with E-state index in [1.54, 1.807) is 6.07 Å². The predicted octanol–water partition coefficient (Wildman–Crippen LogP) is 2.20. The lowest BCUT2D eigenvalue weighted by Crippen LogP contribution is -2.41. The number of hydrogen-bond donors (Lipinski definition) is 3. The summed E-state index contributed by atoms with van der Waals surface area (Å²) in [5.74, 6) is -1.17. The fourth-order valence-corrected chi connectivity index (χ4v) is 1.75. The molecule has 5 nitrogen and oxygen atoms in total. The molecule has 3 N–H and O–H groups in total. The number of nitrogens with one attached hydrogen (secondary N) is 2. The van der Waals surface area contributed by atoms with Gasteiger partial charge in [0.2, 0.25) is 5.91 Å². The number of carboxylic acids is 1. The molecule has 0 fully saturated rings. The molecule has 0 aliphatic heterocycles. The van der Waals surface area contributed by atoms with Gasteiger partial charge in [-0.2, -0.15) is 0 Å². The fourth-order valence-electron chi connectivity index (χ4n) is 1.75. The van der Waals surface area contributed by atoms with E-state index in [9.17, 15) is 9.59 Å². The van der Waals surface area contributed by atoms with E-state index >= 15 is 0 Å². The first kappa shape index (κ1) is 18.4. The van der Waals surface area contributed by atoms with Crippen LogP contribution in [0.15, 0.2) is 24.3 Å². The first-order valence-electron chi connectivity index (χ1n) is 6.35. The normalized spacial score (nSPS) is 11.3. The van der Waals surface area contributed by atoms with Crippen molar-refractivity contribution >= 4 is 30.0 Å². The highest BCUT2D eigenvalue weighted by atomic mass is 35.5. The SMILES string of the molecule is CCCC(NCC(=O)Nc1cccc(C)c1)C(=O)O.Cl. The van der Waals surface area contributed by atoms with E-state index in [1.807, 2.05) is 32.0 Å². The Labute approximate surface area is 125 Å². The standard InChI is InChI=1S/C14H20N2O3.ClH/c1-3-5-12(14(18)19)15-9-13(17)16-11-7-4-6-10(2)8-11;/h4,6-8,12,15H,3,5,9H2,1-2H3,(H,16,17)(H,18,19);1H. The van der Waals surface area contributed by atoms with Crippen LogP contribution in [0.1, 0.15) is 25.3 Å². The van der Waals surface area contributed by atoms with Gasteiger partial charge in [-0.25, -0.2) is 0 Å². The third kappa shape index (κ3) is 6.54. The van der Waals surface area contributed by atoms with Crippen molar-refractivity contribution in [3.63, 3.8) is 0 Å². The molecule has 1 atom stereocenters. The van der Waals surface area contributed by atoms with Gasteiger partial charge in [0.25, 0.3) is 0 Å². The van der Waals surface area contributed by atoms with E-state index in [4.69, 9.17) is 5.11 Å². The van der Waals surface area contributed by atoms with Gasteiger partial charge in [0, 0.05) is 5.69 Å². The Morgan fingerprint density at radius 3 is 2.60 bits per heavy atom. The van der Waals surface area contributed by atoms with Gasteiger partial charge in [-0.1, -0.05) is 25.5 Å². The number of rotatable bonds is 7. The number of halogens is 1. The minimum atomic E-state index is -0.926. The van der Waals surface area contributed by atoms with Crippen molar-refractivity contribution in [3.05, 3.63) is 29.8 Å². The summed E-state index contributed by atoms with van der Waals surface area (Å²) in [6.45, 7) is 3.84. The van der Waals surface area contributed by atoms with Crippen LogP contribution >= 0.6 is 12.4 Å². The molecule has 0 radical (unpaired) electrons. The van der Waals surface area contributed by atoms with Crippen molar-refractivity contribution in [3.8, 4) is 0 Å². The Hall–Kier alpha value is -1.59. The third-order valence-corrected chi connectivity index (χ3v) is 2.69. The zero-order valence-corrected chi connectivity index (χ0v) is 12.5. The number of amides is 1. The molecule has 0 saturated heterocycles. The maximum atomic E-state index is 11.7. The van der Waals surface area contributed by atoms with Crippen LogP contribution in [0, 0.1) is 6.92 Å². The van der Waals surface area contributed by atoms with Gasteiger partial charge < -0.3 is 10.4 Å². The minimum absolute atomic E-state index is 0. The number of aryl methyl sites for hydroxylation is 1. The molecule has 0 spiro atoms. The molecule has 0 aromatic heterocycles. The molecule has 1 unspecified atom stereocenters. The predicted molar refractivity (Wildman–Crippen MR) is 81.4 cm³/mol. The van der Waals surface area contributed by atoms with Crippen molar-refractivity contribution in [2.45, 2.75) is 32.7 Å². The fraction of sp³-hybridized carbons (Fsp3) is 0.429. The molecule has 1 aromatic carbocycles. The summed E-state index contributed by atoms with van der Waals surface area (Å²) in [5.41, 5.74) is 1.77. The summed E-state index contributed by atoms with van der Waals surface area (Å²) < 4.78 is 0. The number of carbonyl (C=O) groups is 2. The van der Waals surface area contributed by atoms with Gasteiger partial charge in [-0.3, -0.25) is 14.9 Å². The van der Waals surface area contributed by atoms with E-state index in [1.165, 1.54) is 0 Å². The first-order chi connectivity index (χ1) is 9.02. The number of carbonyl (C=O) groups excluding carboxylic acids is 1. The molecule has 6 heteroatoms. The lowest BCUT2D eigenvalue weighted by Gasteiger charge is -2.13. The number of benzene rings is 1. The lowest BCUT2D eigenvalue weighted by molar-refractivity contribution is -0.139. The van der Waals surface area contributed by atoms with Crippen molar-refractivity contribution < 1.29 is 14.7 Å². The number of hydrogen-bond acceptors (Lipinski definition) is 3. The molecule has 1 amide bonds. The summed E-state index contributed by atoms with van der Waals surface area (Å²) in [4.78, 5) is 22.6. The van der Waals surface area contributed by atoms with Crippen LogP contribution in [0.5, 0.6) is 0 Å². The summed E-state index contributed by atoms with van der Waals surface area (Å²) in [6, 6.07) is 6.78. The lowest BCUT2D eigenvalue weighted by atomic mass is 10.1. The van der Waals surface area contributed by atoms with Crippen LogP contribution in [0.4, 0.5) is 5.69 Å². The highest BCUT2D eigenvalue weighted by Crippen LogP contribution is 2.09. The highest BCUT2D eigenvalue weighted by Gasteiger charge is 2.16. The van der Waals surface area contributed by atoms with Crippen molar-refractivity contribution in [1.82, 2.24) is 5.32 Å². The van der Waals surface area contributed by atoms with Crippen LogP contribution in [0.3, 0.4) is 0 Å². The second kappa shape index (κ2) is 9.34. The van der Waals surface area contributed by atoms with E-state index in [0.29, 0.717) is 12.1 Å². The van der Waals surface area contributed by atoms with Crippen molar-refractivity contribution in [1.29, 1.82) is 0 Å². The highest BCUT2D eigenvalue weighted by molar-refractivity contribution is 5.92. The van der Waals surface area contributed by atoms with Crippen LogP contribution in [0.2, 0.25) is 0 Å². The molecule has 0 heterocycles. The van der Waals surface area contributed by atoms with E-state index in [2.05, 4.69) is 10.6 Å². The van der Waals surface area contributed by atoms with Crippen molar-refractivity contribution in [2.75, 3.05) is 11.9 Å². The first-order valence-corrected chi connectivity index (χ1v) is 6.35. The quantitative estimate of drug-likeness (QED) is 0.721. The molecule has 112 valence electrons. The second-order valence-electron chi connectivity index (χ2n) is 4.48. The van der Waals surface area contributed by atoms with Crippen LogP contribution in [-0.2, 0) is 9.59 Å². The Balaban J connectivity index is 0.00000361. The van der Waals surface area contributed by atoms with E-state index in [0.717, 1.165) is 12.0 Å². The zero-order chi connectivity index (χ0) is 14.3. The molecule has 0 aliphatic rings. The number of aliphatic carboxylic acids is 1. The molecule has 1 aromatic rings. The molecular formula is C14H21ClN2O3. The van der Waals surface area contributed by atoms with Gasteiger partial charge in [0.05, 0.1) is 6.54 Å². The summed E-state index contributed by atoms with van der Waals surface area (Å²) in [5, 5.41) is 14.4. The summed E-state index contributed by atoms with van der Waals surface area (Å²) in [7, 11) is 0. The average Bonchev–Trinajstić information content (AvgIpc) is 2.34. The number of carboxylic acid groups (broad SMARTS) is 1. The van der Waals surface area contributed by atoms with Gasteiger partial charge in [0.15, 0.2) is 0 Å². The Kier molecular flexibility index (Phi) is 8.59.